The van der Waals surface area contributed by atoms with Gasteiger partial charge in [-0.25, -0.2) is 0 Å². The van der Waals surface area contributed by atoms with Crippen LogP contribution in [0.4, 0.5) is 0 Å². The molecule has 33 heavy (non-hydrogen) atoms. The summed E-state index contributed by atoms with van der Waals surface area (Å²) in [6, 6.07) is 25.2. The van der Waals surface area contributed by atoms with Crippen molar-refractivity contribution >= 4 is 39.8 Å². The topological polar surface area (TPSA) is 78.1 Å². The molecule has 0 bridgehead atoms. The lowest BCUT2D eigenvalue weighted by Crippen LogP contribution is -2.35. The second kappa shape index (κ2) is 8.88. The molecule has 0 fully saturated rings. The van der Waals surface area contributed by atoms with Gasteiger partial charge < -0.3 is 4.74 Å². The highest BCUT2D eigenvalue weighted by atomic mass is 32.2. The minimum Gasteiger partial charge on any atom is -0.489 e. The summed E-state index contributed by atoms with van der Waals surface area (Å²) < 4.78 is 5.89. The number of thioether (sulfide) groups is 1. The molecular weight excluding hydrogens is 432 g/mol. The molecular formula is C26H20N4O2S. The molecule has 0 aromatic heterocycles. The van der Waals surface area contributed by atoms with E-state index in [0.717, 1.165) is 27.3 Å². The second-order valence-electron chi connectivity index (χ2n) is 7.59. The van der Waals surface area contributed by atoms with Gasteiger partial charge in [0, 0.05) is 5.56 Å². The first-order chi connectivity index (χ1) is 16.1. The number of carbonyl (C=O) groups is 1. The predicted molar refractivity (Wildman–Crippen MR) is 133 cm³/mol. The van der Waals surface area contributed by atoms with E-state index < -0.39 is 5.91 Å². The van der Waals surface area contributed by atoms with E-state index >= 15 is 0 Å². The van der Waals surface area contributed by atoms with Crippen LogP contribution in [-0.2, 0) is 11.4 Å². The lowest BCUT2D eigenvalue weighted by atomic mass is 10.1. The molecule has 2 aliphatic rings. The van der Waals surface area contributed by atoms with E-state index in [0.29, 0.717) is 17.5 Å². The van der Waals surface area contributed by atoms with Gasteiger partial charge in [0.15, 0.2) is 5.84 Å². The summed E-state index contributed by atoms with van der Waals surface area (Å²) in [5, 5.41) is 15.7. The standard InChI is InChI=1S/C26H20N4O2S/c1-17-8-5-6-13-21(17)25-29-30-23(27)22(24(31)28-26(30)33-25)15-19-11-7-12-20(14-19)32-16-18-9-3-2-4-10-18/h2-15,27H,16H2,1H3/b22-15-,27-23?. The number of carbonyl (C=O) groups excluding carboxylic acids is 1. The molecule has 5 rings (SSSR count). The van der Waals surface area contributed by atoms with Crippen molar-refractivity contribution in [3.8, 4) is 5.75 Å². The molecule has 0 saturated carbocycles. The van der Waals surface area contributed by atoms with E-state index in [2.05, 4.69) is 10.1 Å². The van der Waals surface area contributed by atoms with Crippen LogP contribution in [0.1, 0.15) is 22.3 Å². The summed E-state index contributed by atoms with van der Waals surface area (Å²) in [5.74, 6) is 0.246. The Kier molecular flexibility index (Phi) is 5.62. The molecule has 0 unspecified atom stereocenters. The Morgan fingerprint density at radius 3 is 2.64 bits per heavy atom. The van der Waals surface area contributed by atoms with E-state index in [1.54, 1.807) is 6.08 Å². The van der Waals surface area contributed by atoms with Gasteiger partial charge in [0.2, 0.25) is 5.17 Å². The summed E-state index contributed by atoms with van der Waals surface area (Å²) >= 11 is 1.30. The van der Waals surface area contributed by atoms with Gasteiger partial charge in [-0.3, -0.25) is 10.2 Å². The number of aliphatic imine (C=N–C) groups is 1. The number of amidine groups is 2. The normalized spacial score (nSPS) is 16.5. The van der Waals surface area contributed by atoms with Gasteiger partial charge in [-0.1, -0.05) is 66.7 Å². The molecule has 2 heterocycles. The third-order valence-corrected chi connectivity index (χ3v) is 6.19. The summed E-state index contributed by atoms with van der Waals surface area (Å²) in [5.41, 5.74) is 4.05. The number of nitrogens with one attached hydrogen (secondary N) is 1. The molecule has 0 saturated heterocycles. The van der Waals surface area contributed by atoms with Crippen LogP contribution in [0.25, 0.3) is 6.08 Å². The quantitative estimate of drug-likeness (QED) is 0.537. The SMILES string of the molecule is Cc1ccccc1C1=NN2C(=N)/C(=C/c3cccc(OCc4ccccc4)c3)C(=O)N=C2S1. The Labute approximate surface area is 195 Å². The highest BCUT2D eigenvalue weighted by Crippen LogP contribution is 2.32. The van der Waals surface area contributed by atoms with E-state index in [9.17, 15) is 4.79 Å². The third-order valence-electron chi connectivity index (χ3n) is 5.25. The summed E-state index contributed by atoms with van der Waals surface area (Å²) in [6.07, 6.45) is 1.66. The Balaban J connectivity index is 1.38. The van der Waals surface area contributed by atoms with Gasteiger partial charge in [0.05, 0.1) is 5.57 Å². The Morgan fingerprint density at radius 1 is 1.03 bits per heavy atom. The van der Waals surface area contributed by atoms with E-state index in [-0.39, 0.29) is 11.4 Å². The number of hydrogen-bond donors (Lipinski definition) is 1. The van der Waals surface area contributed by atoms with Crippen molar-refractivity contribution in [2.75, 3.05) is 0 Å². The molecule has 0 spiro atoms. The molecule has 6 nitrogen and oxygen atoms in total. The zero-order chi connectivity index (χ0) is 22.8. The molecule has 3 aromatic carbocycles. The molecule has 162 valence electrons. The highest BCUT2D eigenvalue weighted by molar-refractivity contribution is 8.27. The fourth-order valence-corrected chi connectivity index (χ4v) is 4.50. The van der Waals surface area contributed by atoms with Crippen LogP contribution in [0, 0.1) is 12.3 Å². The number of rotatable bonds is 5. The lowest BCUT2D eigenvalue weighted by molar-refractivity contribution is -0.114. The zero-order valence-corrected chi connectivity index (χ0v) is 18.7. The zero-order valence-electron chi connectivity index (χ0n) is 17.9. The average Bonchev–Trinajstić information content (AvgIpc) is 3.25. The van der Waals surface area contributed by atoms with E-state index in [4.69, 9.17) is 10.1 Å². The largest absolute Gasteiger partial charge is 0.489 e. The molecule has 2 aliphatic heterocycles. The van der Waals surface area contributed by atoms with Crippen molar-refractivity contribution in [2.45, 2.75) is 13.5 Å². The Hall–Kier alpha value is -3.97. The van der Waals surface area contributed by atoms with Gasteiger partial charge in [-0.15, -0.1) is 0 Å². The summed E-state index contributed by atoms with van der Waals surface area (Å²) in [6.45, 7) is 2.46. The first kappa shape index (κ1) is 20.9. The van der Waals surface area contributed by atoms with Crippen LogP contribution >= 0.6 is 11.8 Å². The van der Waals surface area contributed by atoms with Crippen LogP contribution in [0.15, 0.2) is 94.5 Å². The Morgan fingerprint density at radius 2 is 1.82 bits per heavy atom. The summed E-state index contributed by atoms with van der Waals surface area (Å²) in [7, 11) is 0. The first-order valence-corrected chi connectivity index (χ1v) is 11.2. The molecule has 0 aliphatic carbocycles. The minimum atomic E-state index is -0.449. The van der Waals surface area contributed by atoms with Crippen molar-refractivity contribution in [1.82, 2.24) is 5.01 Å². The van der Waals surface area contributed by atoms with E-state index in [1.807, 2.05) is 85.8 Å². The molecule has 1 N–H and O–H groups in total. The van der Waals surface area contributed by atoms with Gasteiger partial charge in [-0.05, 0) is 53.6 Å². The highest BCUT2D eigenvalue weighted by Gasteiger charge is 2.36. The van der Waals surface area contributed by atoms with E-state index in [1.165, 1.54) is 16.8 Å². The maximum absolute atomic E-state index is 12.7. The van der Waals surface area contributed by atoms with Crippen molar-refractivity contribution in [3.63, 3.8) is 0 Å². The van der Waals surface area contributed by atoms with Crippen LogP contribution < -0.4 is 4.74 Å². The minimum absolute atomic E-state index is 0.0108. The maximum Gasteiger partial charge on any atom is 0.283 e. The number of amides is 1. The summed E-state index contributed by atoms with van der Waals surface area (Å²) in [4.78, 5) is 16.9. The third kappa shape index (κ3) is 4.36. The van der Waals surface area contributed by atoms with Gasteiger partial charge in [0.1, 0.15) is 17.4 Å². The maximum atomic E-state index is 12.7. The number of hydrazone groups is 1. The fraction of sp³-hybridized carbons (Fsp3) is 0.0769. The predicted octanol–water partition coefficient (Wildman–Crippen LogP) is 5.24. The number of nitrogens with zero attached hydrogens (tertiary/aromatic N) is 3. The number of ether oxygens (including phenoxy) is 1. The van der Waals surface area contributed by atoms with Crippen LogP contribution in [-0.4, -0.2) is 27.0 Å². The monoisotopic (exact) mass is 452 g/mol. The van der Waals surface area contributed by atoms with Crippen LogP contribution in [0.3, 0.4) is 0 Å². The van der Waals surface area contributed by atoms with Gasteiger partial charge in [-0.2, -0.15) is 15.1 Å². The first-order valence-electron chi connectivity index (χ1n) is 10.4. The molecule has 7 heteroatoms. The van der Waals surface area contributed by atoms with Crippen molar-refractivity contribution in [2.24, 2.45) is 10.1 Å². The number of aryl methyl sites for hydroxylation is 1. The van der Waals surface area contributed by atoms with Crippen LogP contribution in [0.5, 0.6) is 5.75 Å². The number of fused-ring (bicyclic) bond motifs is 1. The number of benzene rings is 3. The molecule has 0 radical (unpaired) electrons. The number of hydrogen-bond acceptors (Lipinski definition) is 5. The van der Waals surface area contributed by atoms with Crippen molar-refractivity contribution < 1.29 is 9.53 Å². The second-order valence-corrected chi connectivity index (χ2v) is 8.54. The van der Waals surface area contributed by atoms with Gasteiger partial charge >= 0.3 is 0 Å². The smallest absolute Gasteiger partial charge is 0.283 e. The average molecular weight is 453 g/mol. The van der Waals surface area contributed by atoms with Gasteiger partial charge in [0.25, 0.3) is 5.91 Å². The molecule has 1 amide bonds. The van der Waals surface area contributed by atoms with Crippen LogP contribution in [0.2, 0.25) is 0 Å². The Bertz CT molecular complexity index is 1350. The molecule has 3 aromatic rings. The van der Waals surface area contributed by atoms with Crippen molar-refractivity contribution in [3.05, 3.63) is 107 Å². The lowest BCUT2D eigenvalue weighted by Gasteiger charge is -2.20. The van der Waals surface area contributed by atoms with Crippen molar-refractivity contribution in [1.29, 1.82) is 5.41 Å². The fourth-order valence-electron chi connectivity index (χ4n) is 3.52. The molecule has 0 atom stereocenters.